The third-order valence-corrected chi connectivity index (χ3v) is 6.06. The van der Waals surface area contributed by atoms with Gasteiger partial charge in [-0.25, -0.2) is 12.4 Å². The minimum Gasteiger partial charge on any atom is -0.494 e. The van der Waals surface area contributed by atoms with Crippen LogP contribution < -0.4 is 4.74 Å². The predicted octanol–water partition coefficient (Wildman–Crippen LogP) is 3.50. The number of carbonyl (C=O) groups is 1. The molecular weight excluding hydrogens is 370 g/mol. The average Bonchev–Trinajstić information content (AvgIpc) is 3.13. The van der Waals surface area contributed by atoms with Gasteiger partial charge in [-0.05, 0) is 44.9 Å². The first-order valence-corrected chi connectivity index (χ1v) is 9.99. The lowest BCUT2D eigenvalue weighted by atomic mass is 10.1. The Balaban J connectivity index is 2.22. The highest BCUT2D eigenvalue weighted by atomic mass is 32.2. The molecule has 0 spiro atoms. The number of aliphatic carboxylic acids is 1. The van der Waals surface area contributed by atoms with Crippen molar-refractivity contribution in [1.82, 2.24) is 3.97 Å². The summed E-state index contributed by atoms with van der Waals surface area (Å²) in [7, 11) is -3.90. The molecule has 2 aromatic heterocycles. The molecule has 0 aliphatic heterocycles. The Morgan fingerprint density at radius 1 is 1.26 bits per heavy atom. The van der Waals surface area contributed by atoms with E-state index >= 15 is 0 Å². The Hall–Kier alpha value is -2.74. The third kappa shape index (κ3) is 3.57. The molecule has 7 nitrogen and oxygen atoms in total. The minimum absolute atomic E-state index is 0.0866. The van der Waals surface area contributed by atoms with Crippen LogP contribution in [0.2, 0.25) is 0 Å². The van der Waals surface area contributed by atoms with Crippen LogP contribution in [0.4, 0.5) is 0 Å². The van der Waals surface area contributed by atoms with Crippen LogP contribution in [-0.2, 0) is 21.2 Å². The monoisotopic (exact) mass is 391 g/mol. The van der Waals surface area contributed by atoms with Crippen LogP contribution in [0.25, 0.3) is 10.9 Å². The molecule has 27 heavy (non-hydrogen) atoms. The standard InChI is InChI=1S/C19H21NO6S/c1-4-25-15-6-7-16-14(5-8-19(21)22)11-20(17(16)10-15)27(23,24)18-9-12(2)26-13(18)3/h6-7,9-11H,4-5,8H2,1-3H3,(H,21,22). The Morgan fingerprint density at radius 3 is 2.59 bits per heavy atom. The molecule has 0 fully saturated rings. The summed E-state index contributed by atoms with van der Waals surface area (Å²) in [5.41, 5.74) is 1.09. The number of furan rings is 1. The number of aromatic nitrogens is 1. The van der Waals surface area contributed by atoms with Gasteiger partial charge in [-0.1, -0.05) is 0 Å². The molecule has 0 radical (unpaired) electrons. The van der Waals surface area contributed by atoms with Crippen molar-refractivity contribution in [2.24, 2.45) is 0 Å². The van der Waals surface area contributed by atoms with Gasteiger partial charge in [0.1, 0.15) is 22.2 Å². The van der Waals surface area contributed by atoms with E-state index < -0.39 is 16.0 Å². The fourth-order valence-corrected chi connectivity index (χ4v) is 4.72. The number of carboxylic acids is 1. The molecule has 0 bridgehead atoms. The molecule has 2 heterocycles. The fourth-order valence-electron chi connectivity index (χ4n) is 3.11. The van der Waals surface area contributed by atoms with Gasteiger partial charge in [0.05, 0.1) is 12.1 Å². The van der Waals surface area contributed by atoms with E-state index in [1.807, 2.05) is 6.92 Å². The third-order valence-electron chi connectivity index (χ3n) is 4.28. The molecule has 0 amide bonds. The van der Waals surface area contributed by atoms with Gasteiger partial charge >= 0.3 is 5.97 Å². The summed E-state index contributed by atoms with van der Waals surface area (Å²) in [5.74, 6) is 0.418. The first kappa shape index (κ1) is 19.0. The summed E-state index contributed by atoms with van der Waals surface area (Å²) < 4.78 is 38.6. The maximum absolute atomic E-state index is 13.2. The van der Waals surface area contributed by atoms with E-state index in [-0.39, 0.29) is 17.7 Å². The van der Waals surface area contributed by atoms with Crippen LogP contribution in [-0.4, -0.2) is 30.1 Å². The minimum atomic E-state index is -3.90. The Bertz CT molecular complexity index is 1110. The number of ether oxygens (including phenoxy) is 1. The van der Waals surface area contributed by atoms with Gasteiger partial charge in [0, 0.05) is 30.1 Å². The van der Waals surface area contributed by atoms with Gasteiger partial charge in [-0.2, -0.15) is 0 Å². The van der Waals surface area contributed by atoms with Gasteiger partial charge in [-0.15, -0.1) is 0 Å². The smallest absolute Gasteiger partial charge is 0.303 e. The summed E-state index contributed by atoms with van der Waals surface area (Å²) >= 11 is 0. The van der Waals surface area contributed by atoms with Gasteiger partial charge in [-0.3, -0.25) is 4.79 Å². The molecule has 0 aliphatic carbocycles. The number of benzene rings is 1. The topological polar surface area (TPSA) is 98.7 Å². The van der Waals surface area contributed by atoms with E-state index in [0.717, 1.165) is 0 Å². The average molecular weight is 391 g/mol. The van der Waals surface area contributed by atoms with Crippen LogP contribution in [0.5, 0.6) is 5.75 Å². The van der Waals surface area contributed by atoms with E-state index in [2.05, 4.69) is 0 Å². The van der Waals surface area contributed by atoms with E-state index in [9.17, 15) is 13.2 Å². The van der Waals surface area contributed by atoms with E-state index in [4.69, 9.17) is 14.3 Å². The molecule has 3 rings (SSSR count). The second-order valence-corrected chi connectivity index (χ2v) is 8.02. The molecule has 144 valence electrons. The predicted molar refractivity (Wildman–Crippen MR) is 99.8 cm³/mol. The van der Waals surface area contributed by atoms with E-state index in [1.54, 1.807) is 32.0 Å². The van der Waals surface area contributed by atoms with Crippen molar-refractivity contribution in [1.29, 1.82) is 0 Å². The maximum atomic E-state index is 13.2. The van der Waals surface area contributed by atoms with Crippen LogP contribution in [0, 0.1) is 13.8 Å². The molecule has 8 heteroatoms. The molecule has 0 aliphatic rings. The molecule has 0 unspecified atom stereocenters. The first-order valence-electron chi connectivity index (χ1n) is 8.55. The highest BCUT2D eigenvalue weighted by Gasteiger charge is 2.26. The molecule has 0 saturated carbocycles. The van der Waals surface area contributed by atoms with Crippen LogP contribution in [0.1, 0.15) is 30.4 Å². The number of fused-ring (bicyclic) bond motifs is 1. The summed E-state index contributed by atoms with van der Waals surface area (Å²) in [4.78, 5) is 11.0. The van der Waals surface area contributed by atoms with Crippen molar-refractivity contribution in [2.45, 2.75) is 38.5 Å². The summed E-state index contributed by atoms with van der Waals surface area (Å²) in [6, 6.07) is 6.65. The summed E-state index contributed by atoms with van der Waals surface area (Å²) in [6.45, 7) is 5.58. The summed E-state index contributed by atoms with van der Waals surface area (Å²) in [6.07, 6.45) is 1.63. The SMILES string of the molecule is CCOc1ccc2c(CCC(=O)O)cn(S(=O)(=O)c3cc(C)oc3C)c2c1. The lowest BCUT2D eigenvalue weighted by molar-refractivity contribution is -0.136. The number of carboxylic acid groups (broad SMARTS) is 1. The van der Waals surface area contributed by atoms with Crippen molar-refractivity contribution in [3.8, 4) is 5.75 Å². The Kier molecular flexibility index (Phi) is 5.01. The van der Waals surface area contributed by atoms with Crippen molar-refractivity contribution in [3.05, 3.63) is 47.5 Å². The molecule has 0 saturated heterocycles. The summed E-state index contributed by atoms with van der Waals surface area (Å²) in [5, 5.41) is 9.67. The molecule has 3 aromatic rings. The number of nitrogens with zero attached hydrogens (tertiary/aromatic N) is 1. The normalized spacial score (nSPS) is 11.8. The van der Waals surface area contributed by atoms with Crippen LogP contribution in [0.3, 0.4) is 0 Å². The molecule has 1 N–H and O–H groups in total. The fraction of sp³-hybridized carbons (Fsp3) is 0.316. The second kappa shape index (κ2) is 7.11. The van der Waals surface area contributed by atoms with Gasteiger partial charge in [0.15, 0.2) is 0 Å². The van der Waals surface area contributed by atoms with Crippen LogP contribution >= 0.6 is 0 Å². The highest BCUT2D eigenvalue weighted by Crippen LogP contribution is 2.31. The highest BCUT2D eigenvalue weighted by molar-refractivity contribution is 7.90. The number of hydrogen-bond acceptors (Lipinski definition) is 5. The Labute approximate surface area is 157 Å². The number of hydrogen-bond donors (Lipinski definition) is 1. The van der Waals surface area contributed by atoms with Gasteiger partial charge in [0.2, 0.25) is 0 Å². The zero-order valence-corrected chi connectivity index (χ0v) is 16.2. The lowest BCUT2D eigenvalue weighted by Gasteiger charge is -2.08. The van der Waals surface area contributed by atoms with Crippen molar-refractivity contribution >= 4 is 26.9 Å². The van der Waals surface area contributed by atoms with Crippen molar-refractivity contribution in [3.63, 3.8) is 0 Å². The van der Waals surface area contributed by atoms with Crippen molar-refractivity contribution in [2.75, 3.05) is 6.61 Å². The largest absolute Gasteiger partial charge is 0.494 e. The zero-order chi connectivity index (χ0) is 19.8. The lowest BCUT2D eigenvalue weighted by Crippen LogP contribution is -2.12. The quantitative estimate of drug-likeness (QED) is 0.662. The maximum Gasteiger partial charge on any atom is 0.303 e. The van der Waals surface area contributed by atoms with Crippen LogP contribution in [0.15, 0.2) is 39.8 Å². The Morgan fingerprint density at radius 2 is 2.00 bits per heavy atom. The molecular formula is C19H21NO6S. The second-order valence-electron chi connectivity index (χ2n) is 6.24. The van der Waals surface area contributed by atoms with E-state index in [0.29, 0.717) is 40.3 Å². The van der Waals surface area contributed by atoms with Gasteiger partial charge in [0.25, 0.3) is 10.0 Å². The van der Waals surface area contributed by atoms with Crippen molar-refractivity contribution < 1.29 is 27.5 Å². The zero-order valence-electron chi connectivity index (χ0n) is 15.4. The molecule has 0 atom stereocenters. The number of rotatable bonds is 7. The first-order chi connectivity index (χ1) is 12.7. The molecule has 1 aromatic carbocycles. The number of aryl methyl sites for hydroxylation is 3. The van der Waals surface area contributed by atoms with Gasteiger partial charge < -0.3 is 14.3 Å². The van der Waals surface area contributed by atoms with E-state index in [1.165, 1.54) is 16.2 Å².